The van der Waals surface area contributed by atoms with Crippen LogP contribution in [-0.4, -0.2) is 43.2 Å². The van der Waals surface area contributed by atoms with E-state index in [9.17, 15) is 4.79 Å². The van der Waals surface area contributed by atoms with Crippen LogP contribution < -0.4 is 21.1 Å². The van der Waals surface area contributed by atoms with E-state index in [0.717, 1.165) is 35.2 Å². The molecule has 2 aromatic carbocycles. The zero-order chi connectivity index (χ0) is 20.8. The highest BCUT2D eigenvalue weighted by atomic mass is 32.1. The number of likely N-dealkylation sites (N-methyl/N-ethyl adjacent to an activating group) is 1. The van der Waals surface area contributed by atoms with Gasteiger partial charge in [-0.3, -0.25) is 15.6 Å². The summed E-state index contributed by atoms with van der Waals surface area (Å²) in [5.74, 6) is -0.264. The van der Waals surface area contributed by atoms with E-state index in [1.54, 1.807) is 0 Å². The van der Waals surface area contributed by atoms with Crippen LogP contribution in [0.25, 0.3) is 22.2 Å². The molecule has 0 bridgehead atoms. The molecule has 0 aliphatic rings. The average molecular weight is 409 g/mol. The van der Waals surface area contributed by atoms with Gasteiger partial charge in [0.2, 0.25) is 0 Å². The van der Waals surface area contributed by atoms with Gasteiger partial charge in [-0.25, -0.2) is 4.98 Å². The lowest BCUT2D eigenvalue weighted by molar-refractivity contribution is -0.856. The second-order valence-electron chi connectivity index (χ2n) is 7.23. The van der Waals surface area contributed by atoms with Crippen molar-refractivity contribution in [1.82, 2.24) is 21.2 Å². The third kappa shape index (κ3) is 5.49. The summed E-state index contributed by atoms with van der Waals surface area (Å²) in [6.45, 7) is 3.68. The molecule has 0 saturated carbocycles. The number of amides is 1. The van der Waals surface area contributed by atoms with Crippen molar-refractivity contribution in [2.24, 2.45) is 0 Å². The third-order valence-electron chi connectivity index (χ3n) is 4.51. The van der Waals surface area contributed by atoms with E-state index in [1.807, 2.05) is 61.5 Å². The van der Waals surface area contributed by atoms with Crippen LogP contribution in [0.4, 0.5) is 0 Å². The second kappa shape index (κ2) is 9.45. The SMILES string of the molecule is Cc1ccc(-c2cc(C(=O)NNC(=S)NCC[NH+](C)C)c3ccccc3n2)cc1. The van der Waals surface area contributed by atoms with Crippen LogP contribution in [0.1, 0.15) is 15.9 Å². The summed E-state index contributed by atoms with van der Waals surface area (Å²) >= 11 is 5.23. The van der Waals surface area contributed by atoms with Gasteiger partial charge in [-0.05, 0) is 31.3 Å². The van der Waals surface area contributed by atoms with E-state index in [0.29, 0.717) is 10.7 Å². The van der Waals surface area contributed by atoms with Crippen LogP contribution in [-0.2, 0) is 0 Å². The fraction of sp³-hybridized carbons (Fsp3) is 0.227. The summed E-state index contributed by atoms with van der Waals surface area (Å²) in [4.78, 5) is 18.9. The van der Waals surface area contributed by atoms with Gasteiger partial charge in [-0.15, -0.1) is 0 Å². The number of rotatable bonds is 5. The summed E-state index contributed by atoms with van der Waals surface area (Å²) in [5.41, 5.74) is 9.67. The van der Waals surface area contributed by atoms with Crippen LogP contribution in [0.2, 0.25) is 0 Å². The number of pyridine rings is 1. The number of hydrazine groups is 1. The maximum absolute atomic E-state index is 12.9. The molecule has 1 aromatic heterocycles. The molecule has 6 nitrogen and oxygen atoms in total. The highest BCUT2D eigenvalue weighted by Gasteiger charge is 2.14. The Morgan fingerprint density at radius 2 is 1.79 bits per heavy atom. The number of carbonyl (C=O) groups excluding carboxylic acids is 1. The minimum atomic E-state index is -0.264. The lowest BCUT2D eigenvalue weighted by atomic mass is 10.0. The van der Waals surface area contributed by atoms with E-state index < -0.39 is 0 Å². The molecule has 3 aromatic rings. The van der Waals surface area contributed by atoms with Gasteiger partial charge in [0.25, 0.3) is 5.91 Å². The molecule has 0 fully saturated rings. The molecule has 0 spiro atoms. The number of benzene rings is 2. The largest absolute Gasteiger partial charge is 0.356 e. The van der Waals surface area contributed by atoms with Crippen molar-refractivity contribution in [3.05, 3.63) is 65.7 Å². The number of hydrogen-bond donors (Lipinski definition) is 4. The normalized spacial score (nSPS) is 10.8. The molecule has 0 saturated heterocycles. The first-order chi connectivity index (χ1) is 13.9. The van der Waals surface area contributed by atoms with E-state index in [4.69, 9.17) is 17.2 Å². The predicted molar refractivity (Wildman–Crippen MR) is 121 cm³/mol. The van der Waals surface area contributed by atoms with Gasteiger partial charge in [-0.2, -0.15) is 0 Å². The van der Waals surface area contributed by atoms with Crippen molar-refractivity contribution >= 4 is 34.1 Å². The number of para-hydroxylation sites is 1. The highest BCUT2D eigenvalue weighted by Crippen LogP contribution is 2.25. The minimum Gasteiger partial charge on any atom is -0.356 e. The molecule has 4 N–H and O–H groups in total. The van der Waals surface area contributed by atoms with Crippen LogP contribution >= 0.6 is 12.2 Å². The molecule has 3 rings (SSSR count). The first kappa shape index (κ1) is 20.7. The lowest BCUT2D eigenvalue weighted by Crippen LogP contribution is -3.06. The summed E-state index contributed by atoms with van der Waals surface area (Å²) in [5, 5.41) is 4.25. The number of aryl methyl sites for hydroxylation is 1. The number of fused-ring (bicyclic) bond motifs is 1. The highest BCUT2D eigenvalue weighted by molar-refractivity contribution is 7.80. The van der Waals surface area contributed by atoms with Crippen molar-refractivity contribution in [1.29, 1.82) is 0 Å². The molecule has 150 valence electrons. The van der Waals surface area contributed by atoms with Gasteiger partial charge in [0, 0.05) is 10.9 Å². The van der Waals surface area contributed by atoms with Gasteiger partial charge >= 0.3 is 0 Å². The number of quaternary nitrogens is 1. The fourth-order valence-electron chi connectivity index (χ4n) is 2.89. The first-order valence-electron chi connectivity index (χ1n) is 9.54. The number of nitrogens with one attached hydrogen (secondary N) is 4. The quantitative estimate of drug-likeness (QED) is 0.380. The van der Waals surface area contributed by atoms with Gasteiger partial charge in [0.15, 0.2) is 5.11 Å². The molecule has 7 heteroatoms. The fourth-order valence-corrected chi connectivity index (χ4v) is 3.04. The van der Waals surface area contributed by atoms with Crippen molar-refractivity contribution in [2.75, 3.05) is 27.2 Å². The predicted octanol–water partition coefficient (Wildman–Crippen LogP) is 1.46. The molecule has 29 heavy (non-hydrogen) atoms. The smallest absolute Gasteiger partial charge is 0.270 e. The molecule has 0 radical (unpaired) electrons. The van der Waals surface area contributed by atoms with Crippen LogP contribution in [0.3, 0.4) is 0 Å². The van der Waals surface area contributed by atoms with Gasteiger partial charge in [-0.1, -0.05) is 48.0 Å². The molecular weight excluding hydrogens is 382 g/mol. The standard InChI is InChI=1S/C22H25N5OS/c1-15-8-10-16(11-9-15)20-14-18(17-6-4-5-7-19(17)24-20)21(28)25-26-22(29)23-12-13-27(2)3/h4-11,14H,12-13H2,1-3H3,(H,25,28)(H2,23,26,29)/p+1. The number of thiocarbonyl (C=S) groups is 1. The van der Waals surface area contributed by atoms with Crippen molar-refractivity contribution < 1.29 is 9.69 Å². The minimum absolute atomic E-state index is 0.264. The Morgan fingerprint density at radius 3 is 2.52 bits per heavy atom. The second-order valence-corrected chi connectivity index (χ2v) is 7.64. The van der Waals surface area contributed by atoms with Gasteiger partial charge < -0.3 is 10.2 Å². The molecule has 0 aliphatic heterocycles. The summed E-state index contributed by atoms with van der Waals surface area (Å²) in [6, 6.07) is 17.5. The number of hydrogen-bond acceptors (Lipinski definition) is 3. The molecule has 0 unspecified atom stereocenters. The van der Waals surface area contributed by atoms with E-state index in [-0.39, 0.29) is 5.91 Å². The van der Waals surface area contributed by atoms with Crippen LogP contribution in [0.15, 0.2) is 54.6 Å². The monoisotopic (exact) mass is 408 g/mol. The Balaban J connectivity index is 1.81. The van der Waals surface area contributed by atoms with E-state index in [2.05, 4.69) is 30.3 Å². The van der Waals surface area contributed by atoms with E-state index >= 15 is 0 Å². The molecular formula is C22H26N5OS+. The molecule has 0 atom stereocenters. The Morgan fingerprint density at radius 1 is 1.07 bits per heavy atom. The van der Waals surface area contributed by atoms with Crippen molar-refractivity contribution in [3.63, 3.8) is 0 Å². The number of aromatic nitrogens is 1. The number of nitrogens with zero attached hydrogens (tertiary/aromatic N) is 1. The maximum atomic E-state index is 12.9. The van der Waals surface area contributed by atoms with Crippen molar-refractivity contribution in [2.45, 2.75) is 6.92 Å². The molecule has 0 aliphatic carbocycles. The summed E-state index contributed by atoms with van der Waals surface area (Å²) < 4.78 is 0. The Bertz CT molecular complexity index is 1020. The molecule has 1 heterocycles. The number of carbonyl (C=O) groups is 1. The first-order valence-corrected chi connectivity index (χ1v) is 9.95. The Labute approximate surface area is 176 Å². The topological polar surface area (TPSA) is 70.5 Å². The zero-order valence-corrected chi connectivity index (χ0v) is 17.7. The zero-order valence-electron chi connectivity index (χ0n) is 16.9. The van der Waals surface area contributed by atoms with Crippen LogP contribution in [0.5, 0.6) is 0 Å². The maximum Gasteiger partial charge on any atom is 0.270 e. The Kier molecular flexibility index (Phi) is 6.74. The van der Waals surface area contributed by atoms with Crippen molar-refractivity contribution in [3.8, 4) is 11.3 Å². The molecule has 1 amide bonds. The average Bonchev–Trinajstić information content (AvgIpc) is 2.71. The van der Waals surface area contributed by atoms with E-state index in [1.165, 1.54) is 10.5 Å². The Hall–Kier alpha value is -3.03. The lowest BCUT2D eigenvalue weighted by Gasteiger charge is -2.14. The van der Waals surface area contributed by atoms with Crippen LogP contribution in [0, 0.1) is 6.92 Å². The van der Waals surface area contributed by atoms with Gasteiger partial charge in [0.05, 0.1) is 44.0 Å². The van der Waals surface area contributed by atoms with Gasteiger partial charge in [0.1, 0.15) is 0 Å². The third-order valence-corrected chi connectivity index (χ3v) is 4.75. The summed E-state index contributed by atoms with van der Waals surface area (Å²) in [6.07, 6.45) is 0. The summed E-state index contributed by atoms with van der Waals surface area (Å²) in [7, 11) is 4.14.